The molecule has 2 aromatic carbocycles. The largest absolute Gasteiger partial charge is 0.381 e. The van der Waals surface area contributed by atoms with Crippen LogP contribution in [0.1, 0.15) is 35.1 Å². The molecule has 0 aromatic heterocycles. The molecule has 146 valence electrons. The highest BCUT2D eigenvalue weighted by molar-refractivity contribution is 14.0. The summed E-state index contributed by atoms with van der Waals surface area (Å²) in [4.78, 5) is 4.71. The number of benzene rings is 2. The molecule has 1 aliphatic rings. The number of nitrogens with one attached hydrogen (secondary N) is 1. The maximum absolute atomic E-state index is 6.19. The van der Waals surface area contributed by atoms with E-state index in [-0.39, 0.29) is 29.4 Å². The molecular formula is C22H30IN3O. The number of anilines is 1. The molecule has 0 unspecified atom stereocenters. The van der Waals surface area contributed by atoms with Gasteiger partial charge in [0.25, 0.3) is 0 Å². The molecule has 3 N–H and O–H groups in total. The lowest BCUT2D eigenvalue weighted by Crippen LogP contribution is -2.38. The van der Waals surface area contributed by atoms with Crippen molar-refractivity contribution in [1.29, 1.82) is 0 Å². The Morgan fingerprint density at radius 3 is 2.41 bits per heavy atom. The lowest BCUT2D eigenvalue weighted by Gasteiger charge is -2.37. The van der Waals surface area contributed by atoms with E-state index in [1.165, 1.54) is 22.3 Å². The summed E-state index contributed by atoms with van der Waals surface area (Å²) >= 11 is 0. The zero-order chi connectivity index (χ0) is 18.6. The Labute approximate surface area is 179 Å². The predicted octanol–water partition coefficient (Wildman–Crippen LogP) is 4.70. The van der Waals surface area contributed by atoms with Gasteiger partial charge in [-0.15, -0.1) is 24.0 Å². The van der Waals surface area contributed by atoms with Crippen LogP contribution < -0.4 is 11.1 Å². The Kier molecular flexibility index (Phi) is 7.68. The standard InChI is InChI=1S/C22H29N3O.HI/c1-16-8-9-19(14-18(16)3)25-21(23)24-15-22(10-12-26-13-11-22)20-7-5-4-6-17(20)2;/h4-9,14H,10-13,15H2,1-3H3,(H3,23,24,25);1H. The topological polar surface area (TPSA) is 59.6 Å². The van der Waals surface area contributed by atoms with Crippen LogP contribution >= 0.6 is 24.0 Å². The molecule has 2 aromatic rings. The van der Waals surface area contributed by atoms with Crippen molar-refractivity contribution in [3.8, 4) is 0 Å². The lowest BCUT2D eigenvalue weighted by molar-refractivity contribution is 0.0529. The second-order valence-corrected chi connectivity index (χ2v) is 7.33. The Hall–Kier alpha value is -1.60. The van der Waals surface area contributed by atoms with Crippen LogP contribution in [0, 0.1) is 20.8 Å². The van der Waals surface area contributed by atoms with Crippen LogP contribution in [0.4, 0.5) is 5.69 Å². The summed E-state index contributed by atoms with van der Waals surface area (Å²) in [7, 11) is 0. The van der Waals surface area contributed by atoms with Gasteiger partial charge in [0.2, 0.25) is 0 Å². The molecule has 0 atom stereocenters. The van der Waals surface area contributed by atoms with Crippen LogP contribution in [-0.2, 0) is 10.2 Å². The molecule has 0 aliphatic carbocycles. The molecule has 5 heteroatoms. The third-order valence-corrected chi connectivity index (χ3v) is 5.50. The van der Waals surface area contributed by atoms with E-state index in [9.17, 15) is 0 Å². The third-order valence-electron chi connectivity index (χ3n) is 5.50. The molecule has 4 nitrogen and oxygen atoms in total. The van der Waals surface area contributed by atoms with E-state index < -0.39 is 0 Å². The molecular weight excluding hydrogens is 449 g/mol. The van der Waals surface area contributed by atoms with Crippen LogP contribution in [0.25, 0.3) is 0 Å². The van der Waals surface area contributed by atoms with Crippen molar-refractivity contribution in [2.45, 2.75) is 39.0 Å². The van der Waals surface area contributed by atoms with Gasteiger partial charge in [0.15, 0.2) is 5.96 Å². The van der Waals surface area contributed by atoms with Crippen molar-refractivity contribution in [1.82, 2.24) is 0 Å². The van der Waals surface area contributed by atoms with Gasteiger partial charge in [-0.3, -0.25) is 4.99 Å². The molecule has 0 spiro atoms. The van der Waals surface area contributed by atoms with Crippen molar-refractivity contribution in [2.24, 2.45) is 10.7 Å². The van der Waals surface area contributed by atoms with Gasteiger partial charge in [0, 0.05) is 24.3 Å². The number of rotatable bonds is 4. The summed E-state index contributed by atoms with van der Waals surface area (Å²) < 4.78 is 5.62. The van der Waals surface area contributed by atoms with E-state index in [2.05, 4.69) is 62.5 Å². The summed E-state index contributed by atoms with van der Waals surface area (Å²) in [6.45, 7) is 8.59. The second kappa shape index (κ2) is 9.55. The SMILES string of the molecule is Cc1ccc(NC(N)=NCC2(c3ccccc3C)CCOCC2)cc1C.I. The van der Waals surface area contributed by atoms with Crippen LogP contribution in [0.15, 0.2) is 47.5 Å². The summed E-state index contributed by atoms with van der Waals surface area (Å²) in [6, 6.07) is 14.8. The number of guanidine groups is 1. The molecule has 1 heterocycles. The maximum atomic E-state index is 6.19. The zero-order valence-electron chi connectivity index (χ0n) is 16.4. The number of nitrogens with two attached hydrogens (primary N) is 1. The lowest BCUT2D eigenvalue weighted by atomic mass is 9.72. The summed E-state index contributed by atoms with van der Waals surface area (Å²) in [6.07, 6.45) is 1.94. The first-order valence-electron chi connectivity index (χ1n) is 9.28. The quantitative estimate of drug-likeness (QED) is 0.380. The second-order valence-electron chi connectivity index (χ2n) is 7.33. The van der Waals surface area contributed by atoms with E-state index in [0.29, 0.717) is 12.5 Å². The van der Waals surface area contributed by atoms with Crippen LogP contribution in [0.3, 0.4) is 0 Å². The van der Waals surface area contributed by atoms with Crippen molar-refractivity contribution in [3.63, 3.8) is 0 Å². The first kappa shape index (κ1) is 21.7. The van der Waals surface area contributed by atoms with Gasteiger partial charge in [-0.1, -0.05) is 30.3 Å². The Bertz CT molecular complexity index is 798. The molecule has 0 bridgehead atoms. The average molecular weight is 479 g/mol. The number of nitrogens with zero attached hydrogens (tertiary/aromatic N) is 1. The summed E-state index contributed by atoms with van der Waals surface area (Å²) in [5.41, 5.74) is 12.4. The normalized spacial score (nSPS) is 16.5. The first-order chi connectivity index (χ1) is 12.5. The van der Waals surface area contributed by atoms with E-state index in [1.54, 1.807) is 0 Å². The number of hydrogen-bond acceptors (Lipinski definition) is 2. The van der Waals surface area contributed by atoms with Gasteiger partial charge < -0.3 is 15.8 Å². The molecule has 27 heavy (non-hydrogen) atoms. The predicted molar refractivity (Wildman–Crippen MR) is 124 cm³/mol. The highest BCUT2D eigenvalue weighted by atomic mass is 127. The van der Waals surface area contributed by atoms with Crippen LogP contribution in [-0.4, -0.2) is 25.7 Å². The van der Waals surface area contributed by atoms with Crippen LogP contribution in [0.2, 0.25) is 0 Å². The van der Waals surface area contributed by atoms with E-state index in [0.717, 1.165) is 31.7 Å². The first-order valence-corrected chi connectivity index (χ1v) is 9.28. The third kappa shape index (κ3) is 5.23. The van der Waals surface area contributed by atoms with Gasteiger partial charge in [-0.05, 0) is 68.0 Å². The molecule has 1 fully saturated rings. The fourth-order valence-corrected chi connectivity index (χ4v) is 3.69. The van der Waals surface area contributed by atoms with Crippen molar-refractivity contribution < 1.29 is 4.74 Å². The fraction of sp³-hybridized carbons (Fsp3) is 0.409. The summed E-state index contributed by atoms with van der Waals surface area (Å²) in [5, 5.41) is 3.23. The summed E-state index contributed by atoms with van der Waals surface area (Å²) in [5.74, 6) is 0.465. The molecule has 0 saturated carbocycles. The van der Waals surface area contributed by atoms with E-state index in [1.807, 2.05) is 6.07 Å². The monoisotopic (exact) mass is 479 g/mol. The molecule has 1 aliphatic heterocycles. The highest BCUT2D eigenvalue weighted by Crippen LogP contribution is 2.37. The van der Waals surface area contributed by atoms with Gasteiger partial charge in [0.05, 0.1) is 6.54 Å². The smallest absolute Gasteiger partial charge is 0.193 e. The molecule has 1 saturated heterocycles. The fourth-order valence-electron chi connectivity index (χ4n) is 3.69. The Morgan fingerprint density at radius 2 is 1.74 bits per heavy atom. The average Bonchev–Trinajstić information content (AvgIpc) is 2.64. The zero-order valence-corrected chi connectivity index (χ0v) is 18.7. The van der Waals surface area contributed by atoms with Gasteiger partial charge in [-0.25, -0.2) is 0 Å². The van der Waals surface area contributed by atoms with Crippen molar-refractivity contribution in [2.75, 3.05) is 25.1 Å². The number of aliphatic imine (C=N–C) groups is 1. The number of aryl methyl sites for hydroxylation is 3. The van der Waals surface area contributed by atoms with E-state index in [4.69, 9.17) is 15.5 Å². The molecule has 3 rings (SSSR count). The van der Waals surface area contributed by atoms with Crippen LogP contribution in [0.5, 0.6) is 0 Å². The van der Waals surface area contributed by atoms with E-state index >= 15 is 0 Å². The number of hydrogen-bond donors (Lipinski definition) is 2. The maximum Gasteiger partial charge on any atom is 0.193 e. The number of halogens is 1. The van der Waals surface area contributed by atoms with Gasteiger partial charge in [0.1, 0.15) is 0 Å². The minimum Gasteiger partial charge on any atom is -0.381 e. The molecule has 0 radical (unpaired) electrons. The molecule has 0 amide bonds. The van der Waals surface area contributed by atoms with Gasteiger partial charge in [-0.2, -0.15) is 0 Å². The Morgan fingerprint density at radius 1 is 1.04 bits per heavy atom. The van der Waals surface area contributed by atoms with Crippen molar-refractivity contribution in [3.05, 3.63) is 64.7 Å². The minimum atomic E-state index is -0.000907. The number of ether oxygens (including phenoxy) is 1. The van der Waals surface area contributed by atoms with Crippen molar-refractivity contribution >= 4 is 35.6 Å². The highest BCUT2D eigenvalue weighted by Gasteiger charge is 2.35. The Balaban J connectivity index is 0.00000261. The van der Waals surface area contributed by atoms with Gasteiger partial charge >= 0.3 is 0 Å². The minimum absolute atomic E-state index is 0.